The zero-order chi connectivity index (χ0) is 27.0. The van der Waals surface area contributed by atoms with Crippen LogP contribution in [0.4, 0.5) is 5.69 Å². The molecule has 8 heteroatoms. The smallest absolute Gasteiger partial charge is 0.225 e. The molecule has 2 aromatic rings. The molecule has 2 aliphatic carbocycles. The van der Waals surface area contributed by atoms with Crippen molar-refractivity contribution in [3.63, 3.8) is 0 Å². The summed E-state index contributed by atoms with van der Waals surface area (Å²) in [6.45, 7) is 9.50. The molecule has 0 radical (unpaired) electrons. The van der Waals surface area contributed by atoms with Crippen LogP contribution < -0.4 is 5.32 Å². The first-order valence-corrected chi connectivity index (χ1v) is 14.5. The number of nitrogens with one attached hydrogen (secondary N) is 1. The molecule has 1 aromatic carbocycles. The molecule has 2 heterocycles. The number of carbonyl (C=O) groups excluding carboxylic acids is 2. The molecule has 0 bridgehead atoms. The summed E-state index contributed by atoms with van der Waals surface area (Å²) in [5, 5.41) is 22.4. The maximum absolute atomic E-state index is 13.3. The van der Waals surface area contributed by atoms with E-state index in [-0.39, 0.29) is 30.6 Å². The molecular weight excluding hydrogens is 478 g/mol. The normalized spacial score (nSPS) is 23.9. The molecule has 8 nitrogen and oxygen atoms in total. The zero-order valence-corrected chi connectivity index (χ0v) is 23.3. The minimum Gasteiger partial charge on any atom is -0.391 e. The van der Waals surface area contributed by atoms with Crippen LogP contribution in [0.2, 0.25) is 0 Å². The second-order valence-corrected chi connectivity index (χ2v) is 12.4. The predicted molar refractivity (Wildman–Crippen MR) is 147 cm³/mol. The standard InChI is InChI=1S/C30H43N5O3/c1-18(2)11-21-13-22(14-21)29-32-33-30(35(29)24-6-7-24)23(16-28(38)34-10-9-25(36)17-34)15-27(37)31-26-8-5-19(3)12-20(26)4/h5,8,12,18,21-25,36H,6-7,9-11,13-17H2,1-4H3,(H,31,37)/t21-,22+,23?,25-/m0/s1. The largest absolute Gasteiger partial charge is 0.391 e. The lowest BCUT2D eigenvalue weighted by molar-refractivity contribution is -0.131. The van der Waals surface area contributed by atoms with Crippen molar-refractivity contribution in [2.75, 3.05) is 18.4 Å². The maximum atomic E-state index is 13.3. The number of β-amino-alcohol motifs (C(OH)–C–C–N with tert-alkyl or cyclic N) is 1. The number of nitrogens with zero attached hydrogens (tertiary/aromatic N) is 4. The van der Waals surface area contributed by atoms with Gasteiger partial charge in [-0.1, -0.05) is 31.5 Å². The van der Waals surface area contributed by atoms with Gasteiger partial charge < -0.3 is 19.9 Å². The number of rotatable bonds is 10. The average molecular weight is 522 g/mol. The summed E-state index contributed by atoms with van der Waals surface area (Å²) in [5.74, 6) is 3.17. The van der Waals surface area contributed by atoms with Crippen LogP contribution >= 0.6 is 0 Å². The molecule has 206 valence electrons. The monoisotopic (exact) mass is 521 g/mol. The topological polar surface area (TPSA) is 100 Å². The van der Waals surface area contributed by atoms with Gasteiger partial charge in [0.2, 0.25) is 11.8 Å². The molecule has 1 unspecified atom stereocenters. The first kappa shape index (κ1) is 26.9. The Labute approximate surface area is 226 Å². The van der Waals surface area contributed by atoms with Gasteiger partial charge in [-0.15, -0.1) is 10.2 Å². The van der Waals surface area contributed by atoms with Crippen molar-refractivity contribution in [2.45, 2.75) is 103 Å². The number of aliphatic hydroxyl groups excluding tert-OH is 1. The summed E-state index contributed by atoms with van der Waals surface area (Å²) in [7, 11) is 0. The summed E-state index contributed by atoms with van der Waals surface area (Å²) < 4.78 is 2.29. The van der Waals surface area contributed by atoms with Crippen molar-refractivity contribution in [1.29, 1.82) is 0 Å². The van der Waals surface area contributed by atoms with E-state index >= 15 is 0 Å². The first-order chi connectivity index (χ1) is 18.2. The van der Waals surface area contributed by atoms with Gasteiger partial charge in [-0.3, -0.25) is 9.59 Å². The highest BCUT2D eigenvalue weighted by Crippen LogP contribution is 2.48. The molecule has 0 spiro atoms. The van der Waals surface area contributed by atoms with Crippen LogP contribution in [-0.4, -0.2) is 55.8 Å². The second kappa shape index (κ2) is 11.2. The van der Waals surface area contributed by atoms with E-state index in [0.29, 0.717) is 37.4 Å². The fraction of sp³-hybridized carbons (Fsp3) is 0.667. The quantitative estimate of drug-likeness (QED) is 0.465. The summed E-state index contributed by atoms with van der Waals surface area (Å²) in [6, 6.07) is 6.34. The van der Waals surface area contributed by atoms with E-state index in [1.54, 1.807) is 4.90 Å². The molecule has 5 rings (SSSR count). The van der Waals surface area contributed by atoms with E-state index < -0.39 is 6.10 Å². The van der Waals surface area contributed by atoms with Gasteiger partial charge in [-0.25, -0.2) is 0 Å². The van der Waals surface area contributed by atoms with Gasteiger partial charge >= 0.3 is 0 Å². The average Bonchev–Trinajstić information content (AvgIpc) is 3.42. The number of aryl methyl sites for hydroxylation is 2. The molecular formula is C30H43N5O3. The Balaban J connectivity index is 1.37. The number of aromatic nitrogens is 3. The van der Waals surface area contributed by atoms with Crippen LogP contribution in [0.15, 0.2) is 18.2 Å². The third-order valence-corrected chi connectivity index (χ3v) is 8.46. The minimum atomic E-state index is -0.468. The van der Waals surface area contributed by atoms with Crippen molar-refractivity contribution in [2.24, 2.45) is 11.8 Å². The SMILES string of the molecule is Cc1ccc(NC(=O)CC(CC(=O)N2CC[C@H](O)C2)c2nnc([C@H]3C[C@@H](CC(C)C)C3)n2C2CC2)c(C)c1. The molecule has 38 heavy (non-hydrogen) atoms. The number of hydrogen-bond donors (Lipinski definition) is 2. The van der Waals surface area contributed by atoms with Crippen molar-refractivity contribution < 1.29 is 14.7 Å². The zero-order valence-electron chi connectivity index (χ0n) is 23.3. The molecule has 2 N–H and O–H groups in total. The van der Waals surface area contributed by atoms with Crippen LogP contribution in [0.5, 0.6) is 0 Å². The number of carbonyl (C=O) groups is 2. The lowest BCUT2D eigenvalue weighted by Crippen LogP contribution is -2.32. The Morgan fingerprint density at radius 3 is 2.50 bits per heavy atom. The summed E-state index contributed by atoms with van der Waals surface area (Å²) >= 11 is 0. The molecule has 1 aliphatic heterocycles. The van der Waals surface area contributed by atoms with Gasteiger partial charge in [0.25, 0.3) is 0 Å². The van der Waals surface area contributed by atoms with Gasteiger partial charge in [-0.05, 0) is 75.8 Å². The lowest BCUT2D eigenvalue weighted by Gasteiger charge is -2.36. The van der Waals surface area contributed by atoms with E-state index in [1.807, 2.05) is 26.0 Å². The van der Waals surface area contributed by atoms with E-state index in [1.165, 1.54) is 6.42 Å². The highest BCUT2D eigenvalue weighted by atomic mass is 16.3. The van der Waals surface area contributed by atoms with Gasteiger partial charge in [0.1, 0.15) is 11.6 Å². The van der Waals surface area contributed by atoms with Crippen molar-refractivity contribution in [3.05, 3.63) is 41.0 Å². The Hall–Kier alpha value is -2.74. The van der Waals surface area contributed by atoms with Crippen molar-refractivity contribution >= 4 is 17.5 Å². The van der Waals surface area contributed by atoms with Gasteiger partial charge in [0.15, 0.2) is 0 Å². The molecule has 1 aromatic heterocycles. The van der Waals surface area contributed by atoms with Crippen molar-refractivity contribution in [3.8, 4) is 0 Å². The molecule has 3 aliphatic rings. The lowest BCUT2D eigenvalue weighted by atomic mass is 9.71. The summed E-state index contributed by atoms with van der Waals surface area (Å²) in [4.78, 5) is 28.3. The number of benzene rings is 1. The molecule has 2 atom stereocenters. The Kier molecular flexibility index (Phi) is 7.89. The minimum absolute atomic E-state index is 0.0293. The fourth-order valence-electron chi connectivity index (χ4n) is 6.33. The number of amides is 2. The second-order valence-electron chi connectivity index (χ2n) is 12.4. The molecule has 3 fully saturated rings. The summed E-state index contributed by atoms with van der Waals surface area (Å²) in [6.07, 6.45) is 6.21. The first-order valence-electron chi connectivity index (χ1n) is 14.5. The van der Waals surface area contributed by atoms with Crippen LogP contribution in [0.3, 0.4) is 0 Å². The number of aliphatic hydroxyl groups is 1. The summed E-state index contributed by atoms with van der Waals surface area (Å²) in [5.41, 5.74) is 2.96. The van der Waals surface area contributed by atoms with E-state index in [0.717, 1.165) is 60.1 Å². The fourth-order valence-corrected chi connectivity index (χ4v) is 6.33. The van der Waals surface area contributed by atoms with Crippen LogP contribution in [0, 0.1) is 25.7 Å². The van der Waals surface area contributed by atoms with Gasteiger partial charge in [-0.2, -0.15) is 0 Å². The molecule has 1 saturated heterocycles. The number of anilines is 1. The Morgan fingerprint density at radius 1 is 1.11 bits per heavy atom. The highest BCUT2D eigenvalue weighted by molar-refractivity contribution is 5.92. The van der Waals surface area contributed by atoms with E-state index in [2.05, 4.69) is 40.0 Å². The number of likely N-dealkylation sites (tertiary alicyclic amines) is 1. The van der Waals surface area contributed by atoms with E-state index in [9.17, 15) is 14.7 Å². The highest BCUT2D eigenvalue weighted by Gasteiger charge is 2.40. The third-order valence-electron chi connectivity index (χ3n) is 8.46. The van der Waals surface area contributed by atoms with Crippen LogP contribution in [0.25, 0.3) is 0 Å². The maximum Gasteiger partial charge on any atom is 0.225 e. The number of hydrogen-bond acceptors (Lipinski definition) is 5. The predicted octanol–water partition coefficient (Wildman–Crippen LogP) is 4.87. The van der Waals surface area contributed by atoms with Gasteiger partial charge in [0, 0.05) is 49.5 Å². The molecule has 2 saturated carbocycles. The van der Waals surface area contributed by atoms with Crippen LogP contribution in [-0.2, 0) is 9.59 Å². The third kappa shape index (κ3) is 6.11. The van der Waals surface area contributed by atoms with E-state index in [4.69, 9.17) is 0 Å². The molecule has 2 amide bonds. The van der Waals surface area contributed by atoms with Crippen molar-refractivity contribution in [1.82, 2.24) is 19.7 Å². The Bertz CT molecular complexity index is 1160. The Morgan fingerprint density at radius 2 is 1.87 bits per heavy atom. The van der Waals surface area contributed by atoms with Crippen LogP contribution in [0.1, 0.15) is 106 Å². The van der Waals surface area contributed by atoms with Gasteiger partial charge in [0.05, 0.1) is 6.10 Å².